The highest BCUT2D eigenvalue weighted by Crippen LogP contribution is 2.30. The summed E-state index contributed by atoms with van der Waals surface area (Å²) in [5.41, 5.74) is 2.51. The van der Waals surface area contributed by atoms with Crippen LogP contribution < -0.4 is 0 Å². The predicted octanol–water partition coefficient (Wildman–Crippen LogP) is 4.75. The fourth-order valence-corrected chi connectivity index (χ4v) is 3.35. The summed E-state index contributed by atoms with van der Waals surface area (Å²) in [7, 11) is 0. The zero-order valence-electron chi connectivity index (χ0n) is 10.4. The third-order valence-electron chi connectivity index (χ3n) is 2.81. The van der Waals surface area contributed by atoms with Crippen LogP contribution >= 0.6 is 27.7 Å². The quantitative estimate of drug-likeness (QED) is 0.818. The van der Waals surface area contributed by atoms with Gasteiger partial charge in [0.25, 0.3) is 0 Å². The van der Waals surface area contributed by atoms with Gasteiger partial charge in [0.15, 0.2) is 0 Å². The minimum Gasteiger partial charge on any atom is -0.478 e. The molecule has 0 bridgehead atoms. The third-order valence-corrected chi connectivity index (χ3v) is 4.89. The largest absolute Gasteiger partial charge is 0.478 e. The summed E-state index contributed by atoms with van der Waals surface area (Å²) in [6.07, 6.45) is 0. The molecular formula is C15H13BrO2S. The van der Waals surface area contributed by atoms with Crippen LogP contribution in [0.2, 0.25) is 0 Å². The van der Waals surface area contributed by atoms with E-state index in [0.29, 0.717) is 5.56 Å². The highest BCUT2D eigenvalue weighted by Gasteiger charge is 2.07. The Labute approximate surface area is 125 Å². The van der Waals surface area contributed by atoms with Crippen molar-refractivity contribution in [2.75, 3.05) is 0 Å². The SMILES string of the molecule is Cc1cc(C(=O)O)ccc1CSc1ccccc1Br. The minimum atomic E-state index is -0.881. The Bertz CT molecular complexity index is 611. The molecule has 0 radical (unpaired) electrons. The number of benzene rings is 2. The van der Waals surface area contributed by atoms with Crippen molar-refractivity contribution in [1.29, 1.82) is 0 Å². The average Bonchev–Trinajstić information content (AvgIpc) is 2.39. The second-order valence-electron chi connectivity index (χ2n) is 4.17. The number of aromatic carboxylic acids is 1. The summed E-state index contributed by atoms with van der Waals surface area (Å²) in [5, 5.41) is 8.93. The molecule has 0 fully saturated rings. The van der Waals surface area contributed by atoms with Crippen LogP contribution in [-0.4, -0.2) is 11.1 Å². The Kier molecular flexibility index (Phi) is 4.66. The maximum atomic E-state index is 10.9. The topological polar surface area (TPSA) is 37.3 Å². The number of aryl methyl sites for hydroxylation is 1. The van der Waals surface area contributed by atoms with Gasteiger partial charge in [0.05, 0.1) is 5.56 Å². The summed E-state index contributed by atoms with van der Waals surface area (Å²) in [6, 6.07) is 13.3. The number of rotatable bonds is 4. The van der Waals surface area contributed by atoms with Gasteiger partial charge in [-0.25, -0.2) is 4.79 Å². The van der Waals surface area contributed by atoms with Crippen molar-refractivity contribution in [2.24, 2.45) is 0 Å². The Hall–Kier alpha value is -1.26. The lowest BCUT2D eigenvalue weighted by Crippen LogP contribution is -1.98. The van der Waals surface area contributed by atoms with E-state index in [1.807, 2.05) is 31.2 Å². The van der Waals surface area contributed by atoms with Gasteiger partial charge in [0.2, 0.25) is 0 Å². The number of carboxylic acids is 1. The van der Waals surface area contributed by atoms with Crippen molar-refractivity contribution < 1.29 is 9.90 Å². The van der Waals surface area contributed by atoms with E-state index in [0.717, 1.165) is 21.4 Å². The summed E-state index contributed by atoms with van der Waals surface area (Å²) in [6.45, 7) is 1.95. The minimum absolute atomic E-state index is 0.340. The molecule has 2 rings (SSSR count). The molecule has 98 valence electrons. The van der Waals surface area contributed by atoms with Crippen LogP contribution in [0.25, 0.3) is 0 Å². The lowest BCUT2D eigenvalue weighted by Gasteiger charge is -2.08. The van der Waals surface area contributed by atoms with Crippen LogP contribution in [-0.2, 0) is 5.75 Å². The maximum Gasteiger partial charge on any atom is 0.335 e. The highest BCUT2D eigenvalue weighted by molar-refractivity contribution is 9.10. The predicted molar refractivity (Wildman–Crippen MR) is 81.8 cm³/mol. The van der Waals surface area contributed by atoms with Gasteiger partial charge >= 0.3 is 5.97 Å². The smallest absolute Gasteiger partial charge is 0.335 e. The normalized spacial score (nSPS) is 10.4. The highest BCUT2D eigenvalue weighted by atomic mass is 79.9. The van der Waals surface area contributed by atoms with Crippen LogP contribution in [0.3, 0.4) is 0 Å². The summed E-state index contributed by atoms with van der Waals surface area (Å²) in [5.74, 6) is -0.0537. The van der Waals surface area contributed by atoms with Crippen molar-refractivity contribution >= 4 is 33.7 Å². The van der Waals surface area contributed by atoms with Gasteiger partial charge in [-0.3, -0.25) is 0 Å². The van der Waals surface area contributed by atoms with Gasteiger partial charge in [-0.05, 0) is 58.2 Å². The zero-order valence-corrected chi connectivity index (χ0v) is 12.8. The van der Waals surface area contributed by atoms with Crippen molar-refractivity contribution in [3.05, 3.63) is 63.6 Å². The molecule has 4 heteroatoms. The number of hydrogen-bond donors (Lipinski definition) is 1. The molecule has 0 unspecified atom stereocenters. The van der Waals surface area contributed by atoms with Crippen LogP contribution in [0, 0.1) is 6.92 Å². The van der Waals surface area contributed by atoms with Crippen LogP contribution in [0.15, 0.2) is 51.8 Å². The Balaban J connectivity index is 2.12. The fourth-order valence-electron chi connectivity index (χ4n) is 1.71. The molecule has 2 aromatic rings. The Morgan fingerprint density at radius 1 is 1.26 bits per heavy atom. The van der Waals surface area contributed by atoms with E-state index in [1.165, 1.54) is 4.90 Å². The summed E-state index contributed by atoms with van der Waals surface area (Å²) < 4.78 is 1.08. The van der Waals surface area contributed by atoms with Crippen molar-refractivity contribution in [3.63, 3.8) is 0 Å². The second kappa shape index (κ2) is 6.26. The number of hydrogen-bond acceptors (Lipinski definition) is 2. The first-order chi connectivity index (χ1) is 9.08. The van der Waals surface area contributed by atoms with Crippen LogP contribution in [0.1, 0.15) is 21.5 Å². The first-order valence-electron chi connectivity index (χ1n) is 5.78. The van der Waals surface area contributed by atoms with Gasteiger partial charge < -0.3 is 5.11 Å². The van der Waals surface area contributed by atoms with E-state index in [1.54, 1.807) is 23.9 Å². The first kappa shape index (κ1) is 14.2. The molecule has 0 aliphatic rings. The fraction of sp³-hybridized carbons (Fsp3) is 0.133. The third kappa shape index (κ3) is 3.61. The lowest BCUT2D eigenvalue weighted by atomic mass is 10.1. The number of halogens is 1. The molecule has 0 aliphatic heterocycles. The van der Waals surface area contributed by atoms with Crippen LogP contribution in [0.5, 0.6) is 0 Å². The molecule has 0 aliphatic carbocycles. The van der Waals surface area contributed by atoms with Gasteiger partial charge in [-0.1, -0.05) is 18.2 Å². The molecule has 1 N–H and O–H groups in total. The molecule has 0 atom stereocenters. The molecule has 0 aromatic heterocycles. The molecule has 0 saturated carbocycles. The molecule has 0 spiro atoms. The average molecular weight is 337 g/mol. The Morgan fingerprint density at radius 2 is 2.00 bits per heavy atom. The number of carboxylic acid groups (broad SMARTS) is 1. The zero-order chi connectivity index (χ0) is 13.8. The Morgan fingerprint density at radius 3 is 2.63 bits per heavy atom. The van der Waals surface area contributed by atoms with E-state index >= 15 is 0 Å². The van der Waals surface area contributed by atoms with Crippen LogP contribution in [0.4, 0.5) is 0 Å². The van der Waals surface area contributed by atoms with Gasteiger partial charge in [-0.2, -0.15) is 0 Å². The van der Waals surface area contributed by atoms with E-state index in [4.69, 9.17) is 5.11 Å². The van der Waals surface area contributed by atoms with E-state index < -0.39 is 5.97 Å². The van der Waals surface area contributed by atoms with Gasteiger partial charge in [0.1, 0.15) is 0 Å². The number of carbonyl (C=O) groups is 1. The molecule has 0 amide bonds. The summed E-state index contributed by atoms with van der Waals surface area (Å²) >= 11 is 5.25. The van der Waals surface area contributed by atoms with E-state index in [2.05, 4.69) is 22.0 Å². The molecule has 2 nitrogen and oxygen atoms in total. The molecular weight excluding hydrogens is 324 g/mol. The standard InChI is InChI=1S/C15H13BrO2S/c1-10-8-11(15(17)18)6-7-12(10)9-19-14-5-3-2-4-13(14)16/h2-8H,9H2,1H3,(H,17,18). The monoisotopic (exact) mass is 336 g/mol. The number of thioether (sulfide) groups is 1. The van der Waals surface area contributed by atoms with Gasteiger partial charge in [0, 0.05) is 15.1 Å². The second-order valence-corrected chi connectivity index (χ2v) is 6.04. The molecule has 19 heavy (non-hydrogen) atoms. The maximum absolute atomic E-state index is 10.9. The van der Waals surface area contributed by atoms with Crippen molar-refractivity contribution in [3.8, 4) is 0 Å². The van der Waals surface area contributed by atoms with E-state index in [9.17, 15) is 4.79 Å². The van der Waals surface area contributed by atoms with Crippen molar-refractivity contribution in [1.82, 2.24) is 0 Å². The van der Waals surface area contributed by atoms with E-state index in [-0.39, 0.29) is 0 Å². The molecule has 0 heterocycles. The van der Waals surface area contributed by atoms with Gasteiger partial charge in [-0.15, -0.1) is 11.8 Å². The van der Waals surface area contributed by atoms with Crippen molar-refractivity contribution in [2.45, 2.75) is 17.6 Å². The summed E-state index contributed by atoms with van der Waals surface area (Å²) in [4.78, 5) is 12.1. The lowest BCUT2D eigenvalue weighted by molar-refractivity contribution is 0.0697. The first-order valence-corrected chi connectivity index (χ1v) is 7.56. The molecule has 0 saturated heterocycles. The molecule has 2 aromatic carbocycles.